The van der Waals surface area contributed by atoms with Crippen LogP contribution in [0.2, 0.25) is 0 Å². The van der Waals surface area contributed by atoms with Crippen LogP contribution in [0, 0.1) is 0 Å². The molecule has 0 fully saturated rings. The van der Waals surface area contributed by atoms with Crippen molar-refractivity contribution in [2.75, 3.05) is 25.1 Å². The fourth-order valence-corrected chi connectivity index (χ4v) is 2.24. The van der Waals surface area contributed by atoms with E-state index < -0.39 is 0 Å². The highest BCUT2D eigenvalue weighted by Crippen LogP contribution is 2.27. The molecule has 2 N–H and O–H groups in total. The molecular weight excluding hydrogens is 248 g/mol. The lowest BCUT2D eigenvalue weighted by Crippen LogP contribution is -2.20. The van der Waals surface area contributed by atoms with Crippen molar-refractivity contribution in [2.24, 2.45) is 5.73 Å². The highest BCUT2D eigenvalue weighted by molar-refractivity contribution is 7.13. The van der Waals surface area contributed by atoms with Gasteiger partial charge in [-0.15, -0.1) is 10.2 Å². The van der Waals surface area contributed by atoms with Crippen molar-refractivity contribution in [3.8, 4) is 5.75 Å². The van der Waals surface area contributed by atoms with E-state index in [4.69, 9.17) is 10.5 Å². The molecule has 2 rings (SSSR count). The average Bonchev–Trinajstić information content (AvgIpc) is 2.94. The van der Waals surface area contributed by atoms with Gasteiger partial charge in [0.05, 0.1) is 7.11 Å². The number of aromatic nitrogens is 2. The highest BCUT2D eigenvalue weighted by Gasteiger charge is 2.11. The molecule has 6 heteroatoms. The normalized spacial score (nSPS) is 10.3. The van der Waals surface area contributed by atoms with E-state index in [9.17, 15) is 0 Å². The number of rotatable bonds is 6. The number of anilines is 2. The molecule has 1 heterocycles. The first-order chi connectivity index (χ1) is 8.85. The topological polar surface area (TPSA) is 64.3 Å². The zero-order valence-electron chi connectivity index (χ0n) is 10.2. The van der Waals surface area contributed by atoms with Gasteiger partial charge in [0.1, 0.15) is 11.3 Å². The Balaban J connectivity index is 2.21. The first-order valence-electron chi connectivity index (χ1n) is 5.73. The molecule has 0 aliphatic heterocycles. The molecule has 0 saturated heterocycles. The third kappa shape index (κ3) is 2.96. The Morgan fingerprint density at radius 3 is 2.67 bits per heavy atom. The van der Waals surface area contributed by atoms with Crippen LogP contribution in [-0.2, 0) is 0 Å². The maximum atomic E-state index is 5.57. The second-order valence-electron chi connectivity index (χ2n) is 3.71. The molecule has 0 amide bonds. The monoisotopic (exact) mass is 264 g/mol. The third-order valence-electron chi connectivity index (χ3n) is 2.55. The second kappa shape index (κ2) is 6.32. The first kappa shape index (κ1) is 12.8. The van der Waals surface area contributed by atoms with E-state index >= 15 is 0 Å². The van der Waals surface area contributed by atoms with Crippen LogP contribution in [0.15, 0.2) is 29.8 Å². The maximum Gasteiger partial charge on any atom is 0.212 e. The van der Waals surface area contributed by atoms with Gasteiger partial charge >= 0.3 is 0 Å². The minimum absolute atomic E-state index is 0.658. The van der Waals surface area contributed by atoms with E-state index in [0.717, 1.165) is 29.5 Å². The molecule has 96 valence electrons. The van der Waals surface area contributed by atoms with Gasteiger partial charge < -0.3 is 15.4 Å². The van der Waals surface area contributed by atoms with E-state index in [1.807, 2.05) is 24.3 Å². The molecule has 18 heavy (non-hydrogen) atoms. The zero-order valence-corrected chi connectivity index (χ0v) is 11.1. The number of benzene rings is 1. The summed E-state index contributed by atoms with van der Waals surface area (Å²) in [5.41, 5.74) is 8.38. The molecule has 0 atom stereocenters. The molecule has 5 nitrogen and oxygen atoms in total. The van der Waals surface area contributed by atoms with Gasteiger partial charge in [-0.1, -0.05) is 11.3 Å². The molecule has 0 aliphatic rings. The fourth-order valence-electron chi connectivity index (χ4n) is 1.63. The minimum Gasteiger partial charge on any atom is -0.497 e. The van der Waals surface area contributed by atoms with E-state index in [0.29, 0.717) is 6.54 Å². The van der Waals surface area contributed by atoms with Crippen LogP contribution in [0.4, 0.5) is 10.8 Å². The predicted octanol–water partition coefficient (Wildman–Crippen LogP) is 2.03. The molecule has 1 aromatic heterocycles. The Hall–Kier alpha value is -1.66. The summed E-state index contributed by atoms with van der Waals surface area (Å²) >= 11 is 1.52. The Labute approximate surface area is 110 Å². The van der Waals surface area contributed by atoms with Crippen LogP contribution in [-0.4, -0.2) is 30.4 Å². The van der Waals surface area contributed by atoms with Gasteiger partial charge in [-0.2, -0.15) is 0 Å². The molecule has 0 spiro atoms. The van der Waals surface area contributed by atoms with Crippen molar-refractivity contribution in [1.29, 1.82) is 0 Å². The fraction of sp³-hybridized carbons (Fsp3) is 0.333. The van der Waals surface area contributed by atoms with Crippen LogP contribution >= 0.6 is 11.3 Å². The predicted molar refractivity (Wildman–Crippen MR) is 73.6 cm³/mol. The van der Waals surface area contributed by atoms with Crippen LogP contribution in [0.3, 0.4) is 0 Å². The highest BCUT2D eigenvalue weighted by atomic mass is 32.1. The maximum absolute atomic E-state index is 5.57. The Kier molecular flexibility index (Phi) is 4.49. The van der Waals surface area contributed by atoms with Gasteiger partial charge in [0, 0.05) is 12.2 Å². The summed E-state index contributed by atoms with van der Waals surface area (Å²) in [6.45, 7) is 1.49. The van der Waals surface area contributed by atoms with E-state index in [1.54, 1.807) is 12.6 Å². The van der Waals surface area contributed by atoms with Crippen LogP contribution in [0.25, 0.3) is 0 Å². The lowest BCUT2D eigenvalue weighted by atomic mass is 10.2. The summed E-state index contributed by atoms with van der Waals surface area (Å²) in [7, 11) is 1.66. The number of methoxy groups -OCH3 is 1. The number of hydrogen-bond acceptors (Lipinski definition) is 6. The van der Waals surface area contributed by atoms with Gasteiger partial charge in [0.25, 0.3) is 0 Å². The molecule has 1 aromatic carbocycles. The van der Waals surface area contributed by atoms with Gasteiger partial charge in [-0.3, -0.25) is 0 Å². The Morgan fingerprint density at radius 2 is 2.11 bits per heavy atom. The number of hydrogen-bond donors (Lipinski definition) is 1. The summed E-state index contributed by atoms with van der Waals surface area (Å²) in [4.78, 5) is 2.12. The molecule has 0 unspecified atom stereocenters. The largest absolute Gasteiger partial charge is 0.497 e. The zero-order chi connectivity index (χ0) is 12.8. The third-order valence-corrected chi connectivity index (χ3v) is 3.26. The Bertz CT molecular complexity index is 457. The van der Waals surface area contributed by atoms with Crippen molar-refractivity contribution >= 4 is 22.2 Å². The summed E-state index contributed by atoms with van der Waals surface area (Å²) in [6, 6.07) is 7.89. The van der Waals surface area contributed by atoms with Crippen LogP contribution in [0.5, 0.6) is 5.75 Å². The smallest absolute Gasteiger partial charge is 0.212 e. The van der Waals surface area contributed by atoms with Crippen molar-refractivity contribution in [1.82, 2.24) is 10.2 Å². The van der Waals surface area contributed by atoms with Crippen LogP contribution < -0.4 is 15.4 Å². The molecule has 0 aliphatic carbocycles. The number of nitrogens with zero attached hydrogens (tertiary/aromatic N) is 3. The van der Waals surface area contributed by atoms with Crippen molar-refractivity contribution in [3.05, 3.63) is 29.8 Å². The summed E-state index contributed by atoms with van der Waals surface area (Å²) in [5.74, 6) is 0.842. The van der Waals surface area contributed by atoms with Gasteiger partial charge in [-0.25, -0.2) is 0 Å². The quantitative estimate of drug-likeness (QED) is 0.865. The molecular formula is C12H16N4OS. The lowest BCUT2D eigenvalue weighted by molar-refractivity contribution is 0.415. The number of ether oxygens (including phenoxy) is 1. The van der Waals surface area contributed by atoms with E-state index in [1.165, 1.54) is 11.3 Å². The second-order valence-corrected chi connectivity index (χ2v) is 4.52. The van der Waals surface area contributed by atoms with Crippen molar-refractivity contribution in [2.45, 2.75) is 6.42 Å². The molecule has 0 bridgehead atoms. The van der Waals surface area contributed by atoms with Crippen LogP contribution in [0.1, 0.15) is 6.42 Å². The van der Waals surface area contributed by atoms with Crippen molar-refractivity contribution < 1.29 is 4.74 Å². The van der Waals surface area contributed by atoms with Gasteiger partial charge in [-0.05, 0) is 37.2 Å². The summed E-state index contributed by atoms with van der Waals surface area (Å²) in [5, 5.41) is 8.88. The SMILES string of the molecule is COc1ccc(N(CCCN)c2nncs2)cc1. The van der Waals surface area contributed by atoms with E-state index in [-0.39, 0.29) is 0 Å². The average molecular weight is 264 g/mol. The standard InChI is InChI=1S/C12H16N4OS/c1-17-11-5-3-10(4-6-11)16(8-2-7-13)12-15-14-9-18-12/h3-6,9H,2,7-8,13H2,1H3. The Morgan fingerprint density at radius 1 is 1.33 bits per heavy atom. The summed E-state index contributed by atoms with van der Waals surface area (Å²) < 4.78 is 5.16. The van der Waals surface area contributed by atoms with Crippen molar-refractivity contribution in [3.63, 3.8) is 0 Å². The van der Waals surface area contributed by atoms with Gasteiger partial charge in [0.15, 0.2) is 0 Å². The molecule has 2 aromatic rings. The van der Waals surface area contributed by atoms with E-state index in [2.05, 4.69) is 15.1 Å². The molecule has 0 saturated carbocycles. The first-order valence-corrected chi connectivity index (χ1v) is 6.61. The lowest BCUT2D eigenvalue weighted by Gasteiger charge is -2.21. The van der Waals surface area contributed by atoms with Gasteiger partial charge in [0.2, 0.25) is 5.13 Å². The minimum atomic E-state index is 0.658. The number of nitrogens with two attached hydrogens (primary N) is 1. The summed E-state index contributed by atoms with van der Waals surface area (Å²) in [6.07, 6.45) is 0.908. The molecule has 0 radical (unpaired) electrons.